The first-order valence-corrected chi connectivity index (χ1v) is 17.9. The zero-order valence-electron chi connectivity index (χ0n) is 26.2. The maximum Gasteiger partial charge on any atom is 1.00 e. The van der Waals surface area contributed by atoms with Gasteiger partial charge >= 0.3 is 59.1 Å². The molecule has 8 nitrogen and oxygen atoms in total. The number of para-hydroxylation sites is 1. The number of nitrogens with zero attached hydrogens (tertiary/aromatic N) is 2. The number of benzene rings is 2. The zero-order valence-corrected chi connectivity index (χ0v) is 31.9. The monoisotopic (exact) mass is 650 g/mol. The smallest absolute Gasteiger partial charge is 0.744 e. The second-order valence-electron chi connectivity index (χ2n) is 11.0. The van der Waals surface area contributed by atoms with E-state index in [1.165, 1.54) is 113 Å². The van der Waals surface area contributed by atoms with Gasteiger partial charge in [0.1, 0.15) is 26.1 Å². The van der Waals surface area contributed by atoms with Gasteiger partial charge in [-0.1, -0.05) is 115 Å². The number of rotatable bonds is 20. The Hall–Kier alpha value is -0.270. The standard InChI is InChI=1S/C31H46N2O6S2.2Na/c1-2-3-4-5-6-7-8-9-10-11-12-13-14-15-16-20-30-32-28-18-17-19-29(41(37,38)39)31(28)33(30)25-26-21-23-27(24-22-26)40(34,35)36;;/h17-19,21-24H,2-16,20,25H2,1H3,(H,34,35,36)(H,37,38,39);;/q;2*+1/p-2. The van der Waals surface area contributed by atoms with E-state index in [1.807, 2.05) is 0 Å². The van der Waals surface area contributed by atoms with Gasteiger partial charge in [0.25, 0.3) is 0 Å². The van der Waals surface area contributed by atoms with E-state index < -0.39 is 20.2 Å². The van der Waals surface area contributed by atoms with Gasteiger partial charge in [0, 0.05) is 13.0 Å². The Balaban J connectivity index is 0.00000462. The van der Waals surface area contributed by atoms with Crippen LogP contribution in [0.2, 0.25) is 0 Å². The number of unbranched alkanes of at least 4 members (excludes halogenated alkanes) is 14. The summed E-state index contributed by atoms with van der Waals surface area (Å²) in [5.41, 5.74) is 1.34. The topological polar surface area (TPSA) is 132 Å². The molecule has 0 N–H and O–H groups in total. The van der Waals surface area contributed by atoms with Crippen LogP contribution in [-0.4, -0.2) is 35.5 Å². The molecule has 43 heavy (non-hydrogen) atoms. The number of imidazole rings is 1. The zero-order chi connectivity index (χ0) is 29.7. The van der Waals surface area contributed by atoms with Gasteiger partial charge in [-0.15, -0.1) is 0 Å². The van der Waals surface area contributed by atoms with Gasteiger partial charge in [0.2, 0.25) is 0 Å². The Morgan fingerprint density at radius 1 is 0.651 bits per heavy atom. The van der Waals surface area contributed by atoms with Crippen LogP contribution in [0.25, 0.3) is 11.0 Å². The Labute approximate surface area is 302 Å². The Bertz CT molecular complexity index is 1440. The summed E-state index contributed by atoms with van der Waals surface area (Å²) in [6, 6.07) is 9.98. The van der Waals surface area contributed by atoms with Gasteiger partial charge in [-0.25, -0.2) is 21.8 Å². The molecular formula is C31H44N2Na2O6S2. The summed E-state index contributed by atoms with van der Waals surface area (Å²) >= 11 is 0. The molecule has 0 unspecified atom stereocenters. The number of aromatic nitrogens is 2. The Morgan fingerprint density at radius 2 is 1.14 bits per heavy atom. The fraction of sp³-hybridized carbons (Fsp3) is 0.581. The molecule has 0 aliphatic carbocycles. The molecule has 0 aliphatic rings. The fourth-order valence-corrected chi connectivity index (χ4v) is 6.53. The molecule has 1 aromatic heterocycles. The van der Waals surface area contributed by atoms with E-state index in [4.69, 9.17) is 0 Å². The summed E-state index contributed by atoms with van der Waals surface area (Å²) in [6.45, 7) is 2.44. The fourth-order valence-electron chi connectivity index (χ4n) is 5.36. The van der Waals surface area contributed by atoms with Crippen LogP contribution in [0, 0.1) is 0 Å². The van der Waals surface area contributed by atoms with E-state index in [9.17, 15) is 25.9 Å². The van der Waals surface area contributed by atoms with Crippen LogP contribution in [0.1, 0.15) is 115 Å². The molecule has 0 saturated heterocycles. The third kappa shape index (κ3) is 13.9. The van der Waals surface area contributed by atoms with Crippen molar-refractivity contribution in [1.82, 2.24) is 9.55 Å². The van der Waals surface area contributed by atoms with Crippen LogP contribution in [0.3, 0.4) is 0 Å². The largest absolute Gasteiger partial charge is 1.00 e. The third-order valence-electron chi connectivity index (χ3n) is 7.63. The molecule has 0 amide bonds. The van der Waals surface area contributed by atoms with Crippen LogP contribution in [-0.2, 0) is 33.2 Å². The van der Waals surface area contributed by atoms with E-state index in [0.717, 1.165) is 19.3 Å². The summed E-state index contributed by atoms with van der Waals surface area (Å²) in [6.07, 6.45) is 19.5. The molecule has 0 aliphatic heterocycles. The number of fused-ring (bicyclic) bond motifs is 1. The van der Waals surface area contributed by atoms with Crippen LogP contribution in [0.15, 0.2) is 52.3 Å². The minimum atomic E-state index is -4.74. The molecule has 0 radical (unpaired) electrons. The number of hydrogen-bond donors (Lipinski definition) is 0. The molecular weight excluding hydrogens is 606 g/mol. The summed E-state index contributed by atoms with van der Waals surface area (Å²) < 4.78 is 71.7. The van der Waals surface area contributed by atoms with Gasteiger partial charge in [0.05, 0.1) is 20.8 Å². The molecule has 2 aromatic carbocycles. The molecule has 0 saturated carbocycles. The van der Waals surface area contributed by atoms with Crippen molar-refractivity contribution in [1.29, 1.82) is 0 Å². The molecule has 0 bridgehead atoms. The van der Waals surface area contributed by atoms with E-state index in [-0.39, 0.29) is 81.0 Å². The van der Waals surface area contributed by atoms with E-state index >= 15 is 0 Å². The van der Waals surface area contributed by atoms with Crippen LogP contribution >= 0.6 is 0 Å². The first-order chi connectivity index (χ1) is 19.6. The normalized spacial score (nSPS) is 11.8. The van der Waals surface area contributed by atoms with Crippen molar-refractivity contribution in [2.75, 3.05) is 0 Å². The predicted molar refractivity (Wildman–Crippen MR) is 160 cm³/mol. The molecule has 0 atom stereocenters. The Kier molecular flexibility index (Phi) is 19.7. The molecule has 1 heterocycles. The van der Waals surface area contributed by atoms with E-state index in [1.54, 1.807) is 10.6 Å². The first-order valence-electron chi connectivity index (χ1n) is 15.1. The molecule has 3 rings (SSSR count). The van der Waals surface area contributed by atoms with Gasteiger partial charge in [0.15, 0.2) is 0 Å². The molecule has 12 heteroatoms. The summed E-state index contributed by atoms with van der Waals surface area (Å²) in [5, 5.41) is 0. The Morgan fingerprint density at radius 3 is 1.60 bits per heavy atom. The number of aryl methyl sites for hydroxylation is 1. The molecule has 0 fully saturated rings. The van der Waals surface area contributed by atoms with Crippen LogP contribution in [0.5, 0.6) is 0 Å². The third-order valence-corrected chi connectivity index (χ3v) is 9.35. The molecule has 0 spiro atoms. The van der Waals surface area contributed by atoms with Crippen molar-refractivity contribution in [3.8, 4) is 0 Å². The average molecular weight is 651 g/mol. The van der Waals surface area contributed by atoms with Crippen molar-refractivity contribution < 1.29 is 85.1 Å². The maximum absolute atomic E-state index is 12.0. The second kappa shape index (κ2) is 20.8. The van der Waals surface area contributed by atoms with Gasteiger partial charge in [-0.05, 0) is 36.2 Å². The molecule has 228 valence electrons. The average Bonchev–Trinajstić information content (AvgIpc) is 3.27. The van der Waals surface area contributed by atoms with Gasteiger partial charge in [-0.2, -0.15) is 0 Å². The molecule has 3 aromatic rings. The SMILES string of the molecule is CCCCCCCCCCCCCCCCCc1nc2cccc(S(=O)(=O)[O-])c2n1Cc1ccc(S(=O)(=O)[O-])cc1.[Na+].[Na+]. The minimum Gasteiger partial charge on any atom is -0.744 e. The van der Waals surface area contributed by atoms with Crippen molar-refractivity contribution >= 4 is 31.3 Å². The van der Waals surface area contributed by atoms with Crippen molar-refractivity contribution in [3.63, 3.8) is 0 Å². The summed E-state index contributed by atoms with van der Waals surface area (Å²) in [7, 11) is -9.31. The van der Waals surface area contributed by atoms with Gasteiger partial charge in [-0.3, -0.25) is 0 Å². The van der Waals surface area contributed by atoms with E-state index in [0.29, 0.717) is 23.3 Å². The van der Waals surface area contributed by atoms with E-state index in [2.05, 4.69) is 11.9 Å². The predicted octanol–water partition coefficient (Wildman–Crippen LogP) is 1.31. The second-order valence-corrected chi connectivity index (χ2v) is 13.7. The van der Waals surface area contributed by atoms with Crippen molar-refractivity contribution in [3.05, 3.63) is 53.9 Å². The number of hydrogen-bond acceptors (Lipinski definition) is 7. The minimum absolute atomic E-state index is 0. The summed E-state index contributed by atoms with van der Waals surface area (Å²) in [5.74, 6) is 0.673. The quantitative estimate of drug-likeness (QED) is 0.102. The van der Waals surface area contributed by atoms with Crippen molar-refractivity contribution in [2.45, 2.75) is 126 Å². The van der Waals surface area contributed by atoms with Crippen molar-refractivity contribution in [2.24, 2.45) is 0 Å². The van der Waals surface area contributed by atoms with Crippen LogP contribution < -0.4 is 59.1 Å². The van der Waals surface area contributed by atoms with Gasteiger partial charge < -0.3 is 13.7 Å². The maximum atomic E-state index is 12.0. The first kappa shape index (κ1) is 40.8. The van der Waals surface area contributed by atoms with Crippen LogP contribution in [0.4, 0.5) is 0 Å². The summed E-state index contributed by atoms with van der Waals surface area (Å²) in [4.78, 5) is 3.99.